The van der Waals surface area contributed by atoms with Gasteiger partial charge in [-0.3, -0.25) is 4.79 Å². The molecule has 0 spiro atoms. The molecule has 1 saturated carbocycles. The zero-order valence-electron chi connectivity index (χ0n) is 10.8. The van der Waals surface area contributed by atoms with Crippen LogP contribution in [0.5, 0.6) is 0 Å². The molecule has 1 fully saturated rings. The van der Waals surface area contributed by atoms with Crippen molar-refractivity contribution in [1.29, 1.82) is 0 Å². The van der Waals surface area contributed by atoms with Gasteiger partial charge in [0.2, 0.25) is 0 Å². The quantitative estimate of drug-likeness (QED) is 0.560. The van der Waals surface area contributed by atoms with Crippen molar-refractivity contribution in [1.82, 2.24) is 0 Å². The fraction of sp³-hybridized carbons (Fsp3) is 0.923. The van der Waals surface area contributed by atoms with Crippen molar-refractivity contribution in [3.05, 3.63) is 0 Å². The van der Waals surface area contributed by atoms with Crippen molar-refractivity contribution in [2.24, 2.45) is 11.3 Å². The van der Waals surface area contributed by atoms with E-state index >= 15 is 0 Å². The van der Waals surface area contributed by atoms with E-state index in [4.69, 9.17) is 16.3 Å². The highest BCUT2D eigenvalue weighted by Crippen LogP contribution is 2.38. The molecular formula is C13H23ClO2. The molecule has 0 atom stereocenters. The van der Waals surface area contributed by atoms with Crippen LogP contribution in [0.2, 0.25) is 0 Å². The molecule has 0 aromatic heterocycles. The minimum absolute atomic E-state index is 0.306. The van der Waals surface area contributed by atoms with Crippen molar-refractivity contribution in [3.63, 3.8) is 0 Å². The third kappa shape index (κ3) is 4.32. The average molecular weight is 247 g/mol. The van der Waals surface area contributed by atoms with E-state index < -0.39 is 4.87 Å². The van der Waals surface area contributed by atoms with E-state index in [0.717, 1.165) is 12.8 Å². The number of hydrogen-bond donors (Lipinski definition) is 0. The highest BCUT2D eigenvalue weighted by Gasteiger charge is 2.30. The number of rotatable bonds is 3. The Labute approximate surface area is 104 Å². The smallest absolute Gasteiger partial charge is 0.326 e. The standard InChI is InChI=1S/C13H23ClO2/c1-12(2)7-5-10(6-8-12)9-16-11(15)13(3,4)14/h10H,5-9H2,1-4H3. The van der Waals surface area contributed by atoms with E-state index in [1.165, 1.54) is 12.8 Å². The van der Waals surface area contributed by atoms with Gasteiger partial charge in [0.05, 0.1) is 6.61 Å². The summed E-state index contributed by atoms with van der Waals surface area (Å²) in [6.07, 6.45) is 4.75. The first kappa shape index (κ1) is 13.8. The van der Waals surface area contributed by atoms with Gasteiger partial charge in [0.15, 0.2) is 0 Å². The Bertz CT molecular complexity index is 243. The van der Waals surface area contributed by atoms with Gasteiger partial charge >= 0.3 is 5.97 Å². The maximum atomic E-state index is 11.5. The molecule has 0 bridgehead atoms. The number of alkyl halides is 1. The zero-order valence-corrected chi connectivity index (χ0v) is 11.6. The second-order valence-corrected chi connectivity index (χ2v) is 7.12. The van der Waals surface area contributed by atoms with Crippen LogP contribution in [-0.2, 0) is 9.53 Å². The summed E-state index contributed by atoms with van der Waals surface area (Å²) in [6.45, 7) is 8.47. The topological polar surface area (TPSA) is 26.3 Å². The van der Waals surface area contributed by atoms with Crippen molar-refractivity contribution in [2.75, 3.05) is 6.61 Å². The van der Waals surface area contributed by atoms with Gasteiger partial charge in [0.25, 0.3) is 0 Å². The molecule has 16 heavy (non-hydrogen) atoms. The Morgan fingerprint density at radius 2 is 1.88 bits per heavy atom. The van der Waals surface area contributed by atoms with Crippen molar-refractivity contribution in [3.8, 4) is 0 Å². The fourth-order valence-electron chi connectivity index (χ4n) is 1.99. The van der Waals surface area contributed by atoms with Crippen LogP contribution in [0.1, 0.15) is 53.4 Å². The molecule has 0 aromatic rings. The first-order valence-electron chi connectivity index (χ1n) is 6.07. The van der Waals surface area contributed by atoms with Crippen LogP contribution >= 0.6 is 11.6 Å². The predicted octanol–water partition coefficient (Wildman–Crippen LogP) is 3.76. The van der Waals surface area contributed by atoms with Gasteiger partial charge in [-0.2, -0.15) is 0 Å². The average Bonchev–Trinajstić information content (AvgIpc) is 2.14. The Balaban J connectivity index is 2.28. The van der Waals surface area contributed by atoms with Crippen molar-refractivity contribution >= 4 is 17.6 Å². The molecule has 0 aliphatic heterocycles. The summed E-state index contributed by atoms with van der Waals surface area (Å²) in [6, 6.07) is 0. The lowest BCUT2D eigenvalue weighted by atomic mass is 9.73. The van der Waals surface area contributed by atoms with Gasteiger partial charge in [-0.25, -0.2) is 0 Å². The SMILES string of the molecule is CC1(C)CCC(COC(=O)C(C)(C)Cl)CC1. The highest BCUT2D eigenvalue weighted by molar-refractivity contribution is 6.33. The van der Waals surface area contributed by atoms with Crippen LogP contribution < -0.4 is 0 Å². The Morgan fingerprint density at radius 3 is 2.31 bits per heavy atom. The molecule has 0 aromatic carbocycles. The minimum atomic E-state index is -0.895. The van der Waals surface area contributed by atoms with E-state index in [0.29, 0.717) is 17.9 Å². The second-order valence-electron chi connectivity index (χ2n) is 6.18. The van der Waals surface area contributed by atoms with E-state index in [9.17, 15) is 4.79 Å². The van der Waals surface area contributed by atoms with Gasteiger partial charge in [-0.1, -0.05) is 13.8 Å². The van der Waals surface area contributed by atoms with Crippen LogP contribution in [0.4, 0.5) is 0 Å². The summed E-state index contributed by atoms with van der Waals surface area (Å²) in [7, 11) is 0. The van der Waals surface area contributed by atoms with E-state index in [-0.39, 0.29) is 5.97 Å². The lowest BCUT2D eigenvalue weighted by molar-refractivity contribution is -0.147. The molecule has 1 aliphatic rings. The number of carbonyl (C=O) groups excluding carboxylic acids is 1. The molecule has 1 rings (SSSR count). The molecule has 0 radical (unpaired) electrons. The van der Waals surface area contributed by atoms with Gasteiger partial charge in [-0.15, -0.1) is 11.6 Å². The Morgan fingerprint density at radius 1 is 1.38 bits per heavy atom. The molecule has 94 valence electrons. The third-order valence-electron chi connectivity index (χ3n) is 3.39. The summed E-state index contributed by atoms with van der Waals surface area (Å²) in [5.74, 6) is 0.218. The number of hydrogen-bond acceptors (Lipinski definition) is 2. The molecule has 0 heterocycles. The van der Waals surface area contributed by atoms with E-state index in [1.807, 2.05) is 0 Å². The summed E-state index contributed by atoms with van der Waals surface area (Å²) in [5, 5.41) is 0. The monoisotopic (exact) mass is 246 g/mol. The van der Waals surface area contributed by atoms with E-state index in [2.05, 4.69) is 13.8 Å². The van der Waals surface area contributed by atoms with Gasteiger partial charge in [-0.05, 0) is 50.9 Å². The fourth-order valence-corrected chi connectivity index (χ4v) is 2.05. The summed E-state index contributed by atoms with van der Waals surface area (Å²) in [4.78, 5) is 10.6. The molecule has 0 amide bonds. The van der Waals surface area contributed by atoms with Gasteiger partial charge in [0, 0.05) is 0 Å². The van der Waals surface area contributed by atoms with Crippen LogP contribution in [-0.4, -0.2) is 17.5 Å². The Hall–Kier alpha value is -0.240. The van der Waals surface area contributed by atoms with E-state index in [1.54, 1.807) is 13.8 Å². The molecule has 0 unspecified atom stereocenters. The minimum Gasteiger partial charge on any atom is -0.464 e. The van der Waals surface area contributed by atoms with Gasteiger partial charge < -0.3 is 4.74 Å². The lowest BCUT2D eigenvalue weighted by Crippen LogP contribution is -2.31. The van der Waals surface area contributed by atoms with Crippen LogP contribution in [0.25, 0.3) is 0 Å². The normalized spacial score (nSPS) is 21.8. The number of esters is 1. The summed E-state index contributed by atoms with van der Waals surface area (Å²) >= 11 is 5.87. The van der Waals surface area contributed by atoms with Crippen molar-refractivity contribution < 1.29 is 9.53 Å². The number of carbonyl (C=O) groups is 1. The summed E-state index contributed by atoms with van der Waals surface area (Å²) in [5.41, 5.74) is 0.465. The lowest BCUT2D eigenvalue weighted by Gasteiger charge is -2.34. The maximum Gasteiger partial charge on any atom is 0.326 e. The molecule has 2 nitrogen and oxygen atoms in total. The molecule has 0 saturated heterocycles. The first-order chi connectivity index (χ1) is 7.21. The third-order valence-corrected chi connectivity index (χ3v) is 3.55. The largest absolute Gasteiger partial charge is 0.464 e. The summed E-state index contributed by atoms with van der Waals surface area (Å²) < 4.78 is 5.24. The highest BCUT2D eigenvalue weighted by atomic mass is 35.5. The van der Waals surface area contributed by atoms with Crippen molar-refractivity contribution in [2.45, 2.75) is 58.3 Å². The number of halogens is 1. The van der Waals surface area contributed by atoms with Crippen LogP contribution in [0.15, 0.2) is 0 Å². The molecular weight excluding hydrogens is 224 g/mol. The van der Waals surface area contributed by atoms with Crippen LogP contribution in [0.3, 0.4) is 0 Å². The van der Waals surface area contributed by atoms with Crippen LogP contribution in [0, 0.1) is 11.3 Å². The molecule has 3 heteroatoms. The van der Waals surface area contributed by atoms with Gasteiger partial charge in [0.1, 0.15) is 4.87 Å². The maximum absolute atomic E-state index is 11.5. The second kappa shape index (κ2) is 4.95. The Kier molecular flexibility index (Phi) is 4.28. The first-order valence-corrected chi connectivity index (χ1v) is 6.45. The molecule has 0 N–H and O–H groups in total. The molecule has 1 aliphatic carbocycles. The predicted molar refractivity (Wildman–Crippen MR) is 66.6 cm³/mol. The zero-order chi connectivity index (χ0) is 12.4. The number of ether oxygens (including phenoxy) is 1.